The third kappa shape index (κ3) is 6.72. The molecule has 1 rings (SSSR count). The van der Waals surface area contributed by atoms with Crippen LogP contribution in [-0.2, 0) is 0 Å². The van der Waals surface area contributed by atoms with Gasteiger partial charge in [0, 0.05) is 29.7 Å². The molecule has 0 amide bonds. The van der Waals surface area contributed by atoms with E-state index in [1.807, 2.05) is 11.8 Å². The number of ether oxygens (including phenoxy) is 1. The number of thioether (sulfide) groups is 1. The number of methoxy groups -OCH3 is 1. The molecule has 1 aromatic rings. The van der Waals surface area contributed by atoms with E-state index in [2.05, 4.69) is 56.4 Å². The molecule has 0 heterocycles. The Bertz CT molecular complexity index is 410. The maximum absolute atomic E-state index is 5.55. The van der Waals surface area contributed by atoms with Gasteiger partial charge in [-0.1, -0.05) is 24.6 Å². The lowest BCUT2D eigenvalue weighted by Gasteiger charge is -2.22. The first-order valence-electron chi connectivity index (χ1n) is 7.68. The smallest absolute Gasteiger partial charge is 0.123 e. The molecule has 0 spiro atoms. The summed E-state index contributed by atoms with van der Waals surface area (Å²) in [7, 11) is 6.00. The maximum Gasteiger partial charge on any atom is 0.123 e. The molecule has 1 aromatic carbocycles. The van der Waals surface area contributed by atoms with E-state index in [1.165, 1.54) is 11.1 Å². The topological polar surface area (TPSA) is 24.5 Å². The molecule has 0 aliphatic heterocycles. The number of rotatable bonds is 10. The van der Waals surface area contributed by atoms with Crippen molar-refractivity contribution in [3.05, 3.63) is 29.3 Å². The molecule has 120 valence electrons. The Balaban J connectivity index is 2.73. The predicted octanol–water partition coefficient (Wildman–Crippen LogP) is 3.34. The lowest BCUT2D eigenvalue weighted by Crippen LogP contribution is -2.25. The first-order chi connectivity index (χ1) is 10.1. The number of aryl methyl sites for hydroxylation is 1. The second-order valence-electron chi connectivity index (χ2n) is 5.63. The second-order valence-corrected chi connectivity index (χ2v) is 6.78. The molecule has 4 heteroatoms. The lowest BCUT2D eigenvalue weighted by atomic mass is 10.0. The molecule has 1 unspecified atom stereocenters. The van der Waals surface area contributed by atoms with Crippen molar-refractivity contribution in [2.24, 2.45) is 0 Å². The molecule has 21 heavy (non-hydrogen) atoms. The molecular formula is C17H30N2OS. The first-order valence-corrected chi connectivity index (χ1v) is 8.84. The van der Waals surface area contributed by atoms with E-state index >= 15 is 0 Å². The molecule has 0 aromatic heterocycles. The fourth-order valence-electron chi connectivity index (χ4n) is 2.15. The largest absolute Gasteiger partial charge is 0.496 e. The molecule has 0 aliphatic rings. The average molecular weight is 311 g/mol. The van der Waals surface area contributed by atoms with Gasteiger partial charge in [0.1, 0.15) is 5.75 Å². The van der Waals surface area contributed by atoms with Crippen molar-refractivity contribution in [2.75, 3.05) is 45.8 Å². The van der Waals surface area contributed by atoms with Crippen LogP contribution in [0.2, 0.25) is 0 Å². The second kappa shape index (κ2) is 10.1. The van der Waals surface area contributed by atoms with E-state index in [0.717, 1.165) is 36.8 Å². The highest BCUT2D eigenvalue weighted by atomic mass is 32.2. The van der Waals surface area contributed by atoms with Gasteiger partial charge >= 0.3 is 0 Å². The first kappa shape index (κ1) is 18.3. The summed E-state index contributed by atoms with van der Waals surface area (Å²) in [4.78, 5) is 2.23. The zero-order valence-electron chi connectivity index (χ0n) is 14.1. The van der Waals surface area contributed by atoms with Crippen molar-refractivity contribution in [3.63, 3.8) is 0 Å². The molecule has 0 radical (unpaired) electrons. The molecule has 0 fully saturated rings. The summed E-state index contributed by atoms with van der Waals surface area (Å²) in [5.74, 6) is 3.22. The Labute approximate surface area is 134 Å². The maximum atomic E-state index is 5.55. The summed E-state index contributed by atoms with van der Waals surface area (Å²) in [6.45, 7) is 6.50. The van der Waals surface area contributed by atoms with Gasteiger partial charge in [-0.25, -0.2) is 0 Å². The molecular weight excluding hydrogens is 280 g/mol. The van der Waals surface area contributed by atoms with E-state index in [1.54, 1.807) is 7.11 Å². The summed E-state index contributed by atoms with van der Waals surface area (Å²) in [5.41, 5.74) is 2.57. The van der Waals surface area contributed by atoms with E-state index in [0.29, 0.717) is 6.04 Å². The van der Waals surface area contributed by atoms with Gasteiger partial charge < -0.3 is 15.0 Å². The van der Waals surface area contributed by atoms with E-state index < -0.39 is 0 Å². The normalized spacial score (nSPS) is 12.7. The predicted molar refractivity (Wildman–Crippen MR) is 94.6 cm³/mol. The fraction of sp³-hybridized carbons (Fsp3) is 0.647. The van der Waals surface area contributed by atoms with Gasteiger partial charge in [-0.2, -0.15) is 11.8 Å². The van der Waals surface area contributed by atoms with Crippen LogP contribution < -0.4 is 10.1 Å². The fourth-order valence-corrected chi connectivity index (χ4v) is 3.35. The molecule has 1 atom stereocenters. The van der Waals surface area contributed by atoms with E-state index in [-0.39, 0.29) is 0 Å². The summed E-state index contributed by atoms with van der Waals surface area (Å²) in [6.07, 6.45) is 1.15. The van der Waals surface area contributed by atoms with Gasteiger partial charge in [-0.3, -0.25) is 0 Å². The van der Waals surface area contributed by atoms with E-state index in [9.17, 15) is 0 Å². The molecule has 0 aliphatic carbocycles. The highest BCUT2D eigenvalue weighted by molar-refractivity contribution is 7.99. The number of benzene rings is 1. The van der Waals surface area contributed by atoms with Gasteiger partial charge in [0.2, 0.25) is 0 Å². The summed E-state index contributed by atoms with van der Waals surface area (Å²) < 4.78 is 5.55. The lowest BCUT2D eigenvalue weighted by molar-refractivity contribution is 0.402. The number of nitrogens with one attached hydrogen (secondary N) is 1. The van der Waals surface area contributed by atoms with Crippen molar-refractivity contribution in [2.45, 2.75) is 26.3 Å². The van der Waals surface area contributed by atoms with Gasteiger partial charge in [0.05, 0.1) is 7.11 Å². The zero-order chi connectivity index (χ0) is 15.7. The number of nitrogens with zero attached hydrogens (tertiary/aromatic N) is 1. The van der Waals surface area contributed by atoms with Gasteiger partial charge in [0.15, 0.2) is 0 Å². The summed E-state index contributed by atoms with van der Waals surface area (Å²) in [6, 6.07) is 6.79. The van der Waals surface area contributed by atoms with Crippen molar-refractivity contribution in [1.82, 2.24) is 10.2 Å². The third-order valence-corrected chi connectivity index (χ3v) is 4.41. The van der Waals surface area contributed by atoms with Crippen molar-refractivity contribution >= 4 is 11.8 Å². The van der Waals surface area contributed by atoms with Crippen molar-refractivity contribution < 1.29 is 4.74 Å². The van der Waals surface area contributed by atoms with Crippen LogP contribution in [0, 0.1) is 6.92 Å². The molecule has 0 bridgehead atoms. The quantitative estimate of drug-likeness (QED) is 0.670. The average Bonchev–Trinajstić information content (AvgIpc) is 2.46. The van der Waals surface area contributed by atoms with Crippen LogP contribution in [0.15, 0.2) is 18.2 Å². The van der Waals surface area contributed by atoms with Gasteiger partial charge in [-0.15, -0.1) is 0 Å². The van der Waals surface area contributed by atoms with Crippen LogP contribution >= 0.6 is 11.8 Å². The molecule has 1 N–H and O–H groups in total. The van der Waals surface area contributed by atoms with E-state index in [4.69, 9.17) is 4.74 Å². The minimum absolute atomic E-state index is 0.354. The van der Waals surface area contributed by atoms with Crippen LogP contribution in [-0.4, -0.2) is 50.7 Å². The van der Waals surface area contributed by atoms with Gasteiger partial charge in [0.25, 0.3) is 0 Å². The Morgan fingerprint density at radius 3 is 2.71 bits per heavy atom. The van der Waals surface area contributed by atoms with Crippen LogP contribution in [0.5, 0.6) is 5.75 Å². The molecule has 3 nitrogen and oxygen atoms in total. The third-order valence-electron chi connectivity index (χ3n) is 3.37. The van der Waals surface area contributed by atoms with Crippen LogP contribution in [0.1, 0.15) is 30.5 Å². The summed E-state index contributed by atoms with van der Waals surface area (Å²) in [5, 5.41) is 3.66. The Morgan fingerprint density at radius 1 is 1.33 bits per heavy atom. The highest BCUT2D eigenvalue weighted by Crippen LogP contribution is 2.28. The number of hydrogen-bond donors (Lipinski definition) is 1. The zero-order valence-corrected chi connectivity index (χ0v) is 14.9. The minimum Gasteiger partial charge on any atom is -0.496 e. The van der Waals surface area contributed by atoms with Crippen LogP contribution in [0.4, 0.5) is 0 Å². The highest BCUT2D eigenvalue weighted by Gasteiger charge is 2.15. The standard InChI is InChI=1S/C17H30N2OS/c1-6-9-18-16(13-21-11-10-19(3)4)15-12-14(2)7-8-17(15)20-5/h7-8,12,16,18H,6,9-11,13H2,1-5H3. The van der Waals surface area contributed by atoms with Crippen LogP contribution in [0.3, 0.4) is 0 Å². The van der Waals surface area contributed by atoms with Crippen molar-refractivity contribution in [3.8, 4) is 5.75 Å². The summed E-state index contributed by atoms with van der Waals surface area (Å²) >= 11 is 2.00. The van der Waals surface area contributed by atoms with Crippen LogP contribution in [0.25, 0.3) is 0 Å². The molecule has 0 saturated carbocycles. The Morgan fingerprint density at radius 2 is 2.10 bits per heavy atom. The number of hydrogen-bond acceptors (Lipinski definition) is 4. The minimum atomic E-state index is 0.354. The monoisotopic (exact) mass is 310 g/mol. The van der Waals surface area contributed by atoms with Gasteiger partial charge in [-0.05, 0) is 40.1 Å². The SMILES string of the molecule is CCCNC(CSCCN(C)C)c1cc(C)ccc1OC. The Hall–Kier alpha value is -0.710. The molecule has 0 saturated heterocycles. The Kier molecular flexibility index (Phi) is 8.81. The van der Waals surface area contributed by atoms with Crippen molar-refractivity contribution in [1.29, 1.82) is 0 Å².